The van der Waals surface area contributed by atoms with E-state index in [1.165, 1.54) is 33.3 Å². The number of hydrogen-bond donors (Lipinski definition) is 0. The molecule has 2 nitrogen and oxygen atoms in total. The molecular formula is C27H23BrNO+. The molecule has 3 heteroatoms. The van der Waals surface area contributed by atoms with Gasteiger partial charge in [-0.25, -0.2) is 0 Å². The molecule has 30 heavy (non-hydrogen) atoms. The van der Waals surface area contributed by atoms with Crippen LogP contribution in [0.25, 0.3) is 16.8 Å². The summed E-state index contributed by atoms with van der Waals surface area (Å²) in [6.45, 7) is 2.37. The third-order valence-corrected chi connectivity index (χ3v) is 6.57. The van der Waals surface area contributed by atoms with Crippen LogP contribution in [0.2, 0.25) is 0 Å². The number of nitrogens with zero attached hydrogens (tertiary/aromatic N) is 1. The summed E-state index contributed by atoms with van der Waals surface area (Å²) in [6.07, 6.45) is 5.21. The first kappa shape index (κ1) is 19.1. The van der Waals surface area contributed by atoms with Crippen molar-refractivity contribution in [3.63, 3.8) is 0 Å². The second-order valence-electron chi connectivity index (χ2n) is 8.09. The van der Waals surface area contributed by atoms with Gasteiger partial charge in [0.15, 0.2) is 10.4 Å². The standard InChI is InChI=1S/C27H23BrNO/c1-27(18-19-8-4-3-5-9-19)24(16-13-21-14-17-25(28)30-21)29(2)23-15-12-20-10-6-7-11-22(20)26(23)27/h3-17H,18H2,1-2H3/q+1. The molecule has 0 saturated carbocycles. The lowest BCUT2D eigenvalue weighted by molar-refractivity contribution is -0.401. The van der Waals surface area contributed by atoms with Gasteiger partial charge in [-0.15, -0.1) is 0 Å². The van der Waals surface area contributed by atoms with Gasteiger partial charge in [0, 0.05) is 17.7 Å². The Balaban J connectivity index is 1.70. The second-order valence-corrected chi connectivity index (χ2v) is 8.88. The van der Waals surface area contributed by atoms with Crippen molar-refractivity contribution in [3.8, 4) is 0 Å². The molecular weight excluding hydrogens is 434 g/mol. The van der Waals surface area contributed by atoms with Gasteiger partial charge in [-0.3, -0.25) is 0 Å². The number of allylic oxidation sites excluding steroid dienone is 1. The van der Waals surface area contributed by atoms with E-state index < -0.39 is 0 Å². The van der Waals surface area contributed by atoms with Crippen LogP contribution in [0, 0.1) is 0 Å². The van der Waals surface area contributed by atoms with Gasteiger partial charge in [0.05, 0.1) is 5.41 Å². The summed E-state index contributed by atoms with van der Waals surface area (Å²) in [4.78, 5) is 0. The number of benzene rings is 3. The van der Waals surface area contributed by atoms with Crippen molar-refractivity contribution in [1.82, 2.24) is 0 Å². The van der Waals surface area contributed by atoms with Crippen molar-refractivity contribution in [1.29, 1.82) is 0 Å². The van der Waals surface area contributed by atoms with Crippen LogP contribution in [0.15, 0.2) is 94.0 Å². The monoisotopic (exact) mass is 456 g/mol. The molecule has 1 aliphatic heterocycles. The Kier molecular flexibility index (Phi) is 4.71. The molecule has 1 unspecified atom stereocenters. The van der Waals surface area contributed by atoms with Gasteiger partial charge in [-0.2, -0.15) is 4.58 Å². The van der Waals surface area contributed by atoms with E-state index in [1.807, 2.05) is 12.1 Å². The Morgan fingerprint density at radius 2 is 1.67 bits per heavy atom. The van der Waals surface area contributed by atoms with Crippen molar-refractivity contribution in [2.75, 3.05) is 7.05 Å². The van der Waals surface area contributed by atoms with Crippen LogP contribution in [-0.2, 0) is 11.8 Å². The fraction of sp³-hybridized carbons (Fsp3) is 0.148. The fourth-order valence-electron chi connectivity index (χ4n) is 4.81. The smallest absolute Gasteiger partial charge is 0.210 e. The van der Waals surface area contributed by atoms with E-state index in [0.29, 0.717) is 0 Å². The zero-order valence-corrected chi connectivity index (χ0v) is 18.7. The Bertz CT molecular complexity index is 1300. The molecule has 148 valence electrons. The normalized spacial score (nSPS) is 18.5. The quantitative estimate of drug-likeness (QED) is 0.298. The van der Waals surface area contributed by atoms with Crippen LogP contribution in [-0.4, -0.2) is 17.3 Å². The van der Waals surface area contributed by atoms with Crippen LogP contribution in [0.4, 0.5) is 5.69 Å². The largest absolute Gasteiger partial charge is 0.450 e. The molecule has 1 aliphatic rings. The molecule has 0 spiro atoms. The lowest BCUT2D eigenvalue weighted by Crippen LogP contribution is -2.33. The molecule has 0 amide bonds. The molecule has 0 bridgehead atoms. The van der Waals surface area contributed by atoms with E-state index in [4.69, 9.17) is 4.42 Å². The number of furan rings is 1. The summed E-state index contributed by atoms with van der Waals surface area (Å²) in [5.41, 5.74) is 5.11. The minimum absolute atomic E-state index is 0.160. The number of halogens is 1. The van der Waals surface area contributed by atoms with Gasteiger partial charge >= 0.3 is 0 Å². The third kappa shape index (κ3) is 3.14. The molecule has 0 saturated heterocycles. The average molecular weight is 457 g/mol. The first-order valence-electron chi connectivity index (χ1n) is 10.2. The first-order chi connectivity index (χ1) is 14.6. The molecule has 5 rings (SSSR count). The van der Waals surface area contributed by atoms with Crippen molar-refractivity contribution in [2.24, 2.45) is 0 Å². The molecule has 0 N–H and O–H groups in total. The predicted molar refractivity (Wildman–Crippen MR) is 128 cm³/mol. The van der Waals surface area contributed by atoms with Crippen molar-refractivity contribution < 1.29 is 8.99 Å². The highest BCUT2D eigenvalue weighted by Gasteiger charge is 2.47. The van der Waals surface area contributed by atoms with Gasteiger partial charge in [0.2, 0.25) is 5.69 Å². The van der Waals surface area contributed by atoms with Crippen LogP contribution in [0.1, 0.15) is 23.8 Å². The maximum absolute atomic E-state index is 5.71. The van der Waals surface area contributed by atoms with Crippen molar-refractivity contribution in [2.45, 2.75) is 18.8 Å². The summed E-state index contributed by atoms with van der Waals surface area (Å²) in [5.74, 6) is 0.839. The Morgan fingerprint density at radius 1 is 0.900 bits per heavy atom. The predicted octanol–water partition coefficient (Wildman–Crippen LogP) is 7.14. The summed E-state index contributed by atoms with van der Waals surface area (Å²) in [5, 5.41) is 2.61. The van der Waals surface area contributed by atoms with Gasteiger partial charge < -0.3 is 4.42 Å². The highest BCUT2D eigenvalue weighted by molar-refractivity contribution is 9.10. The lowest BCUT2D eigenvalue weighted by Gasteiger charge is -2.24. The van der Waals surface area contributed by atoms with Crippen LogP contribution < -0.4 is 0 Å². The van der Waals surface area contributed by atoms with Crippen molar-refractivity contribution in [3.05, 3.63) is 106 Å². The molecule has 0 radical (unpaired) electrons. The van der Waals surface area contributed by atoms with Crippen molar-refractivity contribution >= 4 is 44.2 Å². The van der Waals surface area contributed by atoms with E-state index >= 15 is 0 Å². The summed E-state index contributed by atoms with van der Waals surface area (Å²) in [6, 6.07) is 27.9. The zero-order valence-electron chi connectivity index (χ0n) is 17.1. The van der Waals surface area contributed by atoms with E-state index in [2.05, 4.69) is 113 Å². The van der Waals surface area contributed by atoms with Gasteiger partial charge in [-0.1, -0.05) is 54.6 Å². The van der Waals surface area contributed by atoms with Crippen LogP contribution in [0.3, 0.4) is 0 Å². The molecule has 0 aliphatic carbocycles. The van der Waals surface area contributed by atoms with Gasteiger partial charge in [-0.05, 0) is 69.9 Å². The maximum Gasteiger partial charge on any atom is 0.210 e. The number of hydrogen-bond acceptors (Lipinski definition) is 1. The van der Waals surface area contributed by atoms with Crippen LogP contribution in [0.5, 0.6) is 0 Å². The summed E-state index contributed by atoms with van der Waals surface area (Å²) >= 11 is 3.40. The number of rotatable bonds is 4. The Morgan fingerprint density at radius 3 is 2.43 bits per heavy atom. The minimum Gasteiger partial charge on any atom is -0.450 e. The molecule has 4 aromatic rings. The lowest BCUT2D eigenvalue weighted by atomic mass is 9.73. The highest BCUT2D eigenvalue weighted by atomic mass is 79.9. The Hall–Kier alpha value is -2.91. The topological polar surface area (TPSA) is 16.1 Å². The maximum atomic E-state index is 5.71. The molecule has 1 atom stereocenters. The van der Waals surface area contributed by atoms with E-state index in [9.17, 15) is 0 Å². The minimum atomic E-state index is -0.160. The summed E-state index contributed by atoms with van der Waals surface area (Å²) in [7, 11) is 2.17. The van der Waals surface area contributed by atoms with Gasteiger partial charge in [0.1, 0.15) is 12.8 Å². The fourth-order valence-corrected chi connectivity index (χ4v) is 5.12. The molecule has 2 heterocycles. The van der Waals surface area contributed by atoms with E-state index in [1.54, 1.807) is 0 Å². The molecule has 3 aromatic carbocycles. The average Bonchev–Trinajstić information content (AvgIpc) is 3.26. The second kappa shape index (κ2) is 7.41. The zero-order chi connectivity index (χ0) is 20.7. The first-order valence-corrected chi connectivity index (χ1v) is 11.0. The SMILES string of the molecule is C[N+]1=C(C=Cc2ccc(Br)o2)C(C)(Cc2ccccc2)c2c1ccc1ccccc21. The summed E-state index contributed by atoms with van der Waals surface area (Å²) < 4.78 is 8.79. The third-order valence-electron chi connectivity index (χ3n) is 6.15. The molecule has 0 fully saturated rings. The van der Waals surface area contributed by atoms with Gasteiger partial charge in [0.25, 0.3) is 0 Å². The highest BCUT2D eigenvalue weighted by Crippen LogP contribution is 2.45. The Labute approximate surface area is 185 Å². The van der Waals surface area contributed by atoms with E-state index in [0.717, 1.165) is 16.9 Å². The molecule has 1 aromatic heterocycles. The number of fused-ring (bicyclic) bond motifs is 3. The van der Waals surface area contributed by atoms with Crippen LogP contribution >= 0.6 is 15.9 Å². The van der Waals surface area contributed by atoms with E-state index in [-0.39, 0.29) is 5.41 Å².